The van der Waals surface area contributed by atoms with E-state index in [2.05, 4.69) is 18.9 Å². The van der Waals surface area contributed by atoms with Crippen molar-refractivity contribution in [3.63, 3.8) is 0 Å². The average molecular weight is 385 g/mol. The van der Waals surface area contributed by atoms with Crippen molar-refractivity contribution in [2.24, 2.45) is 7.05 Å². The van der Waals surface area contributed by atoms with E-state index in [0.29, 0.717) is 51.4 Å². The molecule has 2 fully saturated rings. The van der Waals surface area contributed by atoms with Gasteiger partial charge in [-0.25, -0.2) is 8.42 Å². The van der Waals surface area contributed by atoms with Crippen LogP contribution in [0.4, 0.5) is 0 Å². The predicted molar refractivity (Wildman–Crippen MR) is 97.5 cm³/mol. The Bertz CT molecular complexity index is 753. The Morgan fingerprint density at radius 3 is 2.58 bits per heavy atom. The molecule has 0 N–H and O–H groups in total. The second kappa shape index (κ2) is 7.66. The van der Waals surface area contributed by atoms with E-state index < -0.39 is 15.3 Å². The van der Waals surface area contributed by atoms with Crippen LogP contribution >= 0.6 is 0 Å². The zero-order chi connectivity index (χ0) is 18.9. The molecule has 0 radical (unpaired) electrons. The molecule has 0 unspecified atom stereocenters. The van der Waals surface area contributed by atoms with Crippen LogP contribution in [0.3, 0.4) is 0 Å². The number of carbonyl (C=O) groups is 1. The SMILES string of the molecule is CC(C)c1cc(C(=O)N2CCC[C@@H](S(=O)(=O)N3CCOCC3)C2)nn1C. The lowest BCUT2D eigenvalue weighted by Gasteiger charge is -2.36. The molecule has 1 aromatic heterocycles. The molecule has 1 aromatic rings. The van der Waals surface area contributed by atoms with Gasteiger partial charge in [-0.2, -0.15) is 9.40 Å². The maximum absolute atomic E-state index is 12.9. The highest BCUT2D eigenvalue weighted by molar-refractivity contribution is 7.89. The lowest BCUT2D eigenvalue weighted by Crippen LogP contribution is -2.51. The number of likely N-dealkylation sites (tertiary alicyclic amines) is 1. The fraction of sp³-hybridized carbons (Fsp3) is 0.765. The lowest BCUT2D eigenvalue weighted by molar-refractivity contribution is 0.0682. The highest BCUT2D eigenvalue weighted by atomic mass is 32.2. The number of aromatic nitrogens is 2. The summed E-state index contributed by atoms with van der Waals surface area (Å²) >= 11 is 0. The van der Waals surface area contributed by atoms with Crippen molar-refractivity contribution in [2.75, 3.05) is 39.4 Å². The molecule has 1 atom stereocenters. The van der Waals surface area contributed by atoms with Crippen molar-refractivity contribution in [1.82, 2.24) is 19.0 Å². The van der Waals surface area contributed by atoms with E-state index in [1.807, 2.05) is 13.1 Å². The van der Waals surface area contributed by atoms with Crippen LogP contribution in [0, 0.1) is 0 Å². The number of aryl methyl sites for hydroxylation is 1. The van der Waals surface area contributed by atoms with Crippen LogP contribution in [0.25, 0.3) is 0 Å². The summed E-state index contributed by atoms with van der Waals surface area (Å²) in [5.74, 6) is 0.0826. The maximum Gasteiger partial charge on any atom is 0.274 e. The molecule has 9 heteroatoms. The molecule has 0 saturated carbocycles. The maximum atomic E-state index is 12.9. The molecule has 0 aliphatic carbocycles. The van der Waals surface area contributed by atoms with Gasteiger partial charge in [0.2, 0.25) is 10.0 Å². The van der Waals surface area contributed by atoms with Crippen molar-refractivity contribution >= 4 is 15.9 Å². The van der Waals surface area contributed by atoms with E-state index in [-0.39, 0.29) is 18.4 Å². The molecule has 26 heavy (non-hydrogen) atoms. The number of morpholine rings is 1. The van der Waals surface area contributed by atoms with Gasteiger partial charge in [0.05, 0.1) is 18.5 Å². The smallest absolute Gasteiger partial charge is 0.274 e. The zero-order valence-electron chi connectivity index (χ0n) is 15.7. The summed E-state index contributed by atoms with van der Waals surface area (Å²) in [5.41, 5.74) is 1.38. The standard InChI is InChI=1S/C17H28N4O4S/c1-13(2)16-11-15(18-19(16)3)17(22)20-6-4-5-14(12-20)26(23,24)21-7-9-25-10-8-21/h11,13-14H,4-10,12H2,1-3H3/t14-/m1/s1. The average Bonchev–Trinajstić information content (AvgIpc) is 3.04. The molecule has 0 aromatic carbocycles. The predicted octanol–water partition coefficient (Wildman–Crippen LogP) is 0.810. The molecule has 2 aliphatic heterocycles. The molecular weight excluding hydrogens is 356 g/mol. The van der Waals surface area contributed by atoms with Gasteiger partial charge in [-0.3, -0.25) is 9.48 Å². The second-order valence-electron chi connectivity index (χ2n) is 7.30. The van der Waals surface area contributed by atoms with Crippen molar-refractivity contribution in [3.8, 4) is 0 Å². The fourth-order valence-corrected chi connectivity index (χ4v) is 5.58. The van der Waals surface area contributed by atoms with Gasteiger partial charge in [0.1, 0.15) is 0 Å². The van der Waals surface area contributed by atoms with Crippen molar-refractivity contribution < 1.29 is 17.9 Å². The number of ether oxygens (including phenoxy) is 1. The van der Waals surface area contributed by atoms with Crippen molar-refractivity contribution in [3.05, 3.63) is 17.5 Å². The molecule has 2 aliphatic rings. The van der Waals surface area contributed by atoms with Gasteiger partial charge in [-0.15, -0.1) is 0 Å². The monoisotopic (exact) mass is 384 g/mol. The second-order valence-corrected chi connectivity index (χ2v) is 9.52. The summed E-state index contributed by atoms with van der Waals surface area (Å²) < 4.78 is 34.3. The largest absolute Gasteiger partial charge is 0.379 e. The Morgan fingerprint density at radius 1 is 1.27 bits per heavy atom. The van der Waals surface area contributed by atoms with Gasteiger partial charge in [0, 0.05) is 38.9 Å². The van der Waals surface area contributed by atoms with Crippen LogP contribution in [0.2, 0.25) is 0 Å². The molecule has 146 valence electrons. The molecule has 0 spiro atoms. The number of hydrogen-bond donors (Lipinski definition) is 0. The number of carbonyl (C=O) groups excluding carboxylic acids is 1. The summed E-state index contributed by atoms with van der Waals surface area (Å²) in [6.45, 7) is 6.55. The van der Waals surface area contributed by atoms with E-state index in [1.54, 1.807) is 9.58 Å². The summed E-state index contributed by atoms with van der Waals surface area (Å²) in [5, 5.41) is 3.78. The van der Waals surface area contributed by atoms with Gasteiger partial charge < -0.3 is 9.64 Å². The van der Waals surface area contributed by atoms with Gasteiger partial charge in [-0.1, -0.05) is 13.8 Å². The van der Waals surface area contributed by atoms with Crippen LogP contribution in [0.5, 0.6) is 0 Å². The number of piperidine rings is 1. The third kappa shape index (κ3) is 3.79. The highest BCUT2D eigenvalue weighted by Crippen LogP contribution is 2.23. The molecule has 3 rings (SSSR count). The van der Waals surface area contributed by atoms with Crippen LogP contribution in [0.15, 0.2) is 6.07 Å². The Morgan fingerprint density at radius 2 is 1.96 bits per heavy atom. The Hall–Kier alpha value is -1.45. The van der Waals surface area contributed by atoms with Crippen molar-refractivity contribution in [1.29, 1.82) is 0 Å². The third-order valence-electron chi connectivity index (χ3n) is 5.14. The van der Waals surface area contributed by atoms with Crippen LogP contribution in [-0.2, 0) is 21.8 Å². The number of hydrogen-bond acceptors (Lipinski definition) is 5. The van der Waals surface area contributed by atoms with Gasteiger partial charge in [0.15, 0.2) is 5.69 Å². The molecule has 1 amide bonds. The zero-order valence-corrected chi connectivity index (χ0v) is 16.5. The first-order chi connectivity index (χ1) is 12.3. The van der Waals surface area contributed by atoms with Crippen LogP contribution < -0.4 is 0 Å². The summed E-state index contributed by atoms with van der Waals surface area (Å²) in [6.07, 6.45) is 1.27. The Kier molecular flexibility index (Phi) is 5.69. The van der Waals surface area contributed by atoms with E-state index >= 15 is 0 Å². The summed E-state index contributed by atoms with van der Waals surface area (Å²) in [4.78, 5) is 14.5. The fourth-order valence-electron chi connectivity index (χ4n) is 3.67. The molecule has 3 heterocycles. The van der Waals surface area contributed by atoms with Gasteiger partial charge in [-0.05, 0) is 24.8 Å². The minimum Gasteiger partial charge on any atom is -0.379 e. The highest BCUT2D eigenvalue weighted by Gasteiger charge is 2.37. The molecule has 8 nitrogen and oxygen atoms in total. The molecular formula is C17H28N4O4S. The minimum atomic E-state index is -3.42. The first kappa shape index (κ1) is 19.3. The first-order valence-corrected chi connectivity index (χ1v) is 10.7. The van der Waals surface area contributed by atoms with E-state index in [0.717, 1.165) is 5.69 Å². The van der Waals surface area contributed by atoms with Crippen molar-refractivity contribution in [2.45, 2.75) is 37.9 Å². The lowest BCUT2D eigenvalue weighted by atomic mass is 10.1. The summed E-state index contributed by atoms with van der Waals surface area (Å²) in [6, 6.07) is 1.81. The third-order valence-corrected chi connectivity index (χ3v) is 7.46. The number of nitrogens with zero attached hydrogens (tertiary/aromatic N) is 4. The number of amides is 1. The Balaban J connectivity index is 1.73. The van der Waals surface area contributed by atoms with Crippen LogP contribution in [-0.4, -0.2) is 78.0 Å². The quantitative estimate of drug-likeness (QED) is 0.767. The molecule has 2 saturated heterocycles. The minimum absolute atomic E-state index is 0.186. The topological polar surface area (TPSA) is 84.7 Å². The van der Waals surface area contributed by atoms with Gasteiger partial charge >= 0.3 is 0 Å². The van der Waals surface area contributed by atoms with Gasteiger partial charge in [0.25, 0.3) is 5.91 Å². The first-order valence-electron chi connectivity index (χ1n) is 9.20. The molecule has 0 bridgehead atoms. The summed E-state index contributed by atoms with van der Waals surface area (Å²) in [7, 11) is -1.59. The Labute approximate surface area is 155 Å². The number of rotatable bonds is 4. The van der Waals surface area contributed by atoms with Crippen LogP contribution in [0.1, 0.15) is 48.8 Å². The van der Waals surface area contributed by atoms with E-state index in [9.17, 15) is 13.2 Å². The normalized spacial score (nSPS) is 22.8. The van der Waals surface area contributed by atoms with E-state index in [1.165, 1.54) is 4.31 Å². The number of sulfonamides is 1. The van der Waals surface area contributed by atoms with E-state index in [4.69, 9.17) is 4.74 Å².